The Bertz CT molecular complexity index is 778. The summed E-state index contributed by atoms with van der Waals surface area (Å²) in [7, 11) is 3.94. The highest BCUT2D eigenvalue weighted by Crippen LogP contribution is 2.45. The van der Waals surface area contributed by atoms with Gasteiger partial charge in [0.15, 0.2) is 0 Å². The van der Waals surface area contributed by atoms with Crippen LogP contribution in [-0.2, 0) is 6.42 Å². The molecule has 138 valence electrons. The summed E-state index contributed by atoms with van der Waals surface area (Å²) in [5, 5.41) is 0. The molecular formula is C20H27N5O. The Balaban J connectivity index is 1.59. The van der Waals surface area contributed by atoms with Gasteiger partial charge in [-0.15, -0.1) is 0 Å². The maximum Gasteiger partial charge on any atom is 0.221 e. The van der Waals surface area contributed by atoms with E-state index in [0.717, 1.165) is 37.6 Å². The van der Waals surface area contributed by atoms with Crippen LogP contribution in [0.1, 0.15) is 24.1 Å². The highest BCUT2D eigenvalue weighted by Gasteiger charge is 2.46. The van der Waals surface area contributed by atoms with Crippen LogP contribution in [-0.4, -0.2) is 48.7 Å². The summed E-state index contributed by atoms with van der Waals surface area (Å²) < 4.78 is 5.31. The molecule has 0 unspecified atom stereocenters. The summed E-state index contributed by atoms with van der Waals surface area (Å²) in [6.07, 6.45) is 2.79. The van der Waals surface area contributed by atoms with E-state index in [2.05, 4.69) is 58.0 Å². The number of aryl methyl sites for hydroxylation is 1. The van der Waals surface area contributed by atoms with Crippen LogP contribution in [0.5, 0.6) is 5.75 Å². The Morgan fingerprint density at radius 1 is 1.19 bits per heavy atom. The van der Waals surface area contributed by atoms with Gasteiger partial charge in [-0.3, -0.25) is 4.90 Å². The molecule has 6 heteroatoms. The molecule has 2 aromatic rings. The Kier molecular flexibility index (Phi) is 4.44. The van der Waals surface area contributed by atoms with Crippen molar-refractivity contribution in [2.45, 2.75) is 19.4 Å². The second kappa shape index (κ2) is 6.76. The molecule has 26 heavy (non-hydrogen) atoms. The Morgan fingerprint density at radius 2 is 1.96 bits per heavy atom. The molecule has 4 rings (SSSR count). The summed E-state index contributed by atoms with van der Waals surface area (Å²) in [4.78, 5) is 13.6. The zero-order valence-electron chi connectivity index (χ0n) is 15.7. The van der Waals surface area contributed by atoms with Crippen LogP contribution < -0.4 is 15.4 Å². The summed E-state index contributed by atoms with van der Waals surface area (Å²) in [5.74, 6) is 3.52. The van der Waals surface area contributed by atoms with E-state index in [0.29, 0.717) is 23.8 Å². The molecule has 2 aliphatic rings. The van der Waals surface area contributed by atoms with Crippen molar-refractivity contribution in [3.8, 4) is 5.75 Å². The van der Waals surface area contributed by atoms with Crippen LogP contribution in [0.2, 0.25) is 0 Å². The van der Waals surface area contributed by atoms with Gasteiger partial charge in [0, 0.05) is 43.4 Å². The Labute approximate surface area is 155 Å². The van der Waals surface area contributed by atoms with Crippen LogP contribution in [0, 0.1) is 11.8 Å². The first kappa shape index (κ1) is 17.1. The minimum Gasteiger partial charge on any atom is -0.497 e. The van der Waals surface area contributed by atoms with E-state index in [-0.39, 0.29) is 0 Å². The average molecular weight is 353 g/mol. The van der Waals surface area contributed by atoms with Gasteiger partial charge in [-0.2, -0.15) is 4.98 Å². The third-order valence-corrected chi connectivity index (χ3v) is 5.89. The van der Waals surface area contributed by atoms with Gasteiger partial charge in [0.1, 0.15) is 11.6 Å². The van der Waals surface area contributed by atoms with Crippen molar-refractivity contribution in [1.29, 1.82) is 0 Å². The zero-order valence-corrected chi connectivity index (χ0v) is 15.7. The molecule has 0 amide bonds. The fourth-order valence-corrected chi connectivity index (χ4v) is 4.67. The predicted octanol–water partition coefficient (Wildman–Crippen LogP) is 2.37. The molecule has 3 heterocycles. The Morgan fingerprint density at radius 3 is 2.65 bits per heavy atom. The number of nitrogens with zero attached hydrogens (tertiary/aromatic N) is 4. The zero-order chi connectivity index (χ0) is 18.3. The highest BCUT2D eigenvalue weighted by atomic mass is 16.5. The molecule has 2 saturated heterocycles. The van der Waals surface area contributed by atoms with Crippen molar-refractivity contribution in [1.82, 2.24) is 14.9 Å². The number of anilines is 2. The van der Waals surface area contributed by atoms with Gasteiger partial charge in [0.25, 0.3) is 0 Å². The lowest BCUT2D eigenvalue weighted by molar-refractivity contribution is 0.279. The molecule has 0 saturated carbocycles. The number of aromatic nitrogens is 2. The quantitative estimate of drug-likeness (QED) is 0.910. The SMILES string of the molecule is CCc1cnc(N)nc1N1C[C@@H]2CN(C)[C@H](c3ccc(OC)cc3)[C@@H]2C1. The summed E-state index contributed by atoms with van der Waals surface area (Å²) >= 11 is 0. The van der Waals surface area contributed by atoms with Crippen LogP contribution in [0.4, 0.5) is 11.8 Å². The van der Waals surface area contributed by atoms with Crippen molar-refractivity contribution in [3.05, 3.63) is 41.6 Å². The first-order chi connectivity index (χ1) is 12.6. The molecule has 3 atom stereocenters. The van der Waals surface area contributed by atoms with Crippen LogP contribution in [0.25, 0.3) is 0 Å². The largest absolute Gasteiger partial charge is 0.497 e. The lowest BCUT2D eigenvalue weighted by Gasteiger charge is -2.28. The number of ether oxygens (including phenoxy) is 1. The van der Waals surface area contributed by atoms with Crippen LogP contribution in [0.15, 0.2) is 30.5 Å². The van der Waals surface area contributed by atoms with E-state index in [9.17, 15) is 0 Å². The van der Waals surface area contributed by atoms with Gasteiger partial charge in [0.2, 0.25) is 5.95 Å². The summed E-state index contributed by atoms with van der Waals surface area (Å²) in [6, 6.07) is 8.95. The minimum absolute atomic E-state index is 0.359. The normalized spacial score (nSPS) is 25.5. The van der Waals surface area contributed by atoms with Gasteiger partial charge < -0.3 is 15.4 Å². The summed E-state index contributed by atoms with van der Waals surface area (Å²) in [5.41, 5.74) is 8.40. The number of nitrogen functional groups attached to an aromatic ring is 1. The second-order valence-corrected chi connectivity index (χ2v) is 7.42. The lowest BCUT2D eigenvalue weighted by atomic mass is 9.89. The van der Waals surface area contributed by atoms with Crippen LogP contribution >= 0.6 is 0 Å². The molecule has 0 spiro atoms. The fraction of sp³-hybridized carbons (Fsp3) is 0.500. The smallest absolute Gasteiger partial charge is 0.221 e. The van der Waals surface area contributed by atoms with Crippen molar-refractivity contribution in [2.24, 2.45) is 11.8 Å². The molecule has 6 nitrogen and oxygen atoms in total. The van der Waals surface area contributed by atoms with Gasteiger partial charge in [-0.05, 0) is 37.1 Å². The van der Waals surface area contributed by atoms with E-state index in [4.69, 9.17) is 10.5 Å². The van der Waals surface area contributed by atoms with Crippen molar-refractivity contribution in [3.63, 3.8) is 0 Å². The predicted molar refractivity (Wildman–Crippen MR) is 103 cm³/mol. The van der Waals surface area contributed by atoms with E-state index < -0.39 is 0 Å². The maximum absolute atomic E-state index is 5.86. The highest BCUT2D eigenvalue weighted by molar-refractivity contribution is 5.50. The molecule has 1 aromatic carbocycles. The molecule has 2 fully saturated rings. The number of rotatable bonds is 4. The average Bonchev–Trinajstić information content (AvgIpc) is 3.18. The lowest BCUT2D eigenvalue weighted by Crippen LogP contribution is -2.30. The number of benzene rings is 1. The number of fused-ring (bicyclic) bond motifs is 1. The number of methoxy groups -OCH3 is 1. The van der Waals surface area contributed by atoms with Crippen molar-refractivity contribution < 1.29 is 4.74 Å². The second-order valence-electron chi connectivity index (χ2n) is 7.42. The minimum atomic E-state index is 0.359. The third kappa shape index (κ3) is 2.88. The van der Waals surface area contributed by atoms with Gasteiger partial charge in [-0.1, -0.05) is 19.1 Å². The maximum atomic E-state index is 5.86. The molecule has 2 N–H and O–H groups in total. The van der Waals surface area contributed by atoms with E-state index in [1.807, 2.05) is 6.20 Å². The third-order valence-electron chi connectivity index (χ3n) is 5.89. The molecule has 2 aliphatic heterocycles. The summed E-state index contributed by atoms with van der Waals surface area (Å²) in [6.45, 7) is 5.30. The number of hydrogen-bond donors (Lipinski definition) is 1. The topological polar surface area (TPSA) is 67.5 Å². The van der Waals surface area contributed by atoms with Gasteiger partial charge in [-0.25, -0.2) is 4.98 Å². The van der Waals surface area contributed by atoms with Crippen molar-refractivity contribution in [2.75, 3.05) is 44.4 Å². The molecule has 1 aromatic heterocycles. The molecule has 0 bridgehead atoms. The Hall–Kier alpha value is -2.34. The standard InChI is InChI=1S/C20H27N5O/c1-4-13-9-22-20(21)23-19(13)25-11-15-10-24(2)18(17(15)12-25)14-5-7-16(26-3)8-6-14/h5-9,15,17-18H,4,10-12H2,1-3H3,(H2,21,22,23)/t15-,17+,18+/m0/s1. The van der Waals surface area contributed by atoms with E-state index in [1.54, 1.807) is 7.11 Å². The number of hydrogen-bond acceptors (Lipinski definition) is 6. The molecule has 0 radical (unpaired) electrons. The van der Waals surface area contributed by atoms with Crippen LogP contribution in [0.3, 0.4) is 0 Å². The molecular weight excluding hydrogens is 326 g/mol. The first-order valence-electron chi connectivity index (χ1n) is 9.31. The first-order valence-corrected chi connectivity index (χ1v) is 9.31. The fourth-order valence-electron chi connectivity index (χ4n) is 4.67. The van der Waals surface area contributed by atoms with E-state index >= 15 is 0 Å². The molecule has 0 aliphatic carbocycles. The van der Waals surface area contributed by atoms with Gasteiger partial charge >= 0.3 is 0 Å². The number of nitrogens with two attached hydrogens (primary N) is 1. The van der Waals surface area contributed by atoms with Gasteiger partial charge in [0.05, 0.1) is 7.11 Å². The monoisotopic (exact) mass is 353 g/mol. The van der Waals surface area contributed by atoms with E-state index in [1.165, 1.54) is 11.1 Å². The van der Waals surface area contributed by atoms with Crippen molar-refractivity contribution >= 4 is 11.8 Å². The number of likely N-dealkylation sites (tertiary alicyclic amines) is 1.